The van der Waals surface area contributed by atoms with Crippen LogP contribution in [0.15, 0.2) is 23.4 Å². The summed E-state index contributed by atoms with van der Waals surface area (Å²) >= 11 is 1.68. The van der Waals surface area contributed by atoms with Gasteiger partial charge in [-0.05, 0) is 50.8 Å². The molecule has 1 heterocycles. The third kappa shape index (κ3) is 3.07. The van der Waals surface area contributed by atoms with E-state index in [-0.39, 0.29) is 5.78 Å². The maximum Gasteiger partial charge on any atom is 0.191 e. The van der Waals surface area contributed by atoms with E-state index in [1.54, 1.807) is 25.8 Å². The van der Waals surface area contributed by atoms with E-state index in [2.05, 4.69) is 14.8 Å². The Kier molecular flexibility index (Phi) is 4.08. The van der Waals surface area contributed by atoms with Crippen LogP contribution in [0.4, 0.5) is 0 Å². The largest absolute Gasteiger partial charge is 0.496 e. The van der Waals surface area contributed by atoms with Gasteiger partial charge in [-0.15, -0.1) is 10.2 Å². The standard InChI is InChI=1S/C18H21N3O2S/c1-11(22)13-5-8-16(23-2)14(9-13)10-24-18-20-19-17(12-3-4-12)21(18)15-6-7-15/h5,8-9,12,15H,3-4,6-7,10H2,1-2H3. The average Bonchev–Trinajstić information content (AvgIpc) is 3.51. The summed E-state index contributed by atoms with van der Waals surface area (Å²) < 4.78 is 7.80. The highest BCUT2D eigenvalue weighted by Gasteiger charge is 2.36. The molecular weight excluding hydrogens is 322 g/mol. The van der Waals surface area contributed by atoms with Crippen molar-refractivity contribution in [3.63, 3.8) is 0 Å². The zero-order valence-corrected chi connectivity index (χ0v) is 14.8. The van der Waals surface area contributed by atoms with E-state index < -0.39 is 0 Å². The van der Waals surface area contributed by atoms with E-state index in [4.69, 9.17) is 4.74 Å². The minimum Gasteiger partial charge on any atom is -0.496 e. The van der Waals surface area contributed by atoms with Crippen molar-refractivity contribution in [1.82, 2.24) is 14.8 Å². The number of hydrogen-bond acceptors (Lipinski definition) is 5. The first-order valence-corrected chi connectivity index (χ1v) is 9.41. The number of Topliss-reactive ketones (excluding diaryl/α,β-unsaturated/α-hetero) is 1. The summed E-state index contributed by atoms with van der Waals surface area (Å²) in [6.07, 6.45) is 4.94. The van der Waals surface area contributed by atoms with Gasteiger partial charge in [0.1, 0.15) is 11.6 Å². The number of aromatic nitrogens is 3. The third-order valence-electron chi connectivity index (χ3n) is 4.59. The van der Waals surface area contributed by atoms with Crippen LogP contribution in [0, 0.1) is 0 Å². The van der Waals surface area contributed by atoms with Crippen LogP contribution >= 0.6 is 11.8 Å². The van der Waals surface area contributed by atoms with Crippen molar-refractivity contribution in [3.05, 3.63) is 35.2 Å². The zero-order chi connectivity index (χ0) is 16.7. The fraction of sp³-hybridized carbons (Fsp3) is 0.500. The van der Waals surface area contributed by atoms with Gasteiger partial charge in [0.15, 0.2) is 10.9 Å². The van der Waals surface area contributed by atoms with Crippen LogP contribution in [0.3, 0.4) is 0 Å². The molecule has 0 radical (unpaired) electrons. The molecule has 2 fully saturated rings. The van der Waals surface area contributed by atoms with Crippen LogP contribution in [-0.4, -0.2) is 27.7 Å². The van der Waals surface area contributed by atoms with E-state index >= 15 is 0 Å². The highest BCUT2D eigenvalue weighted by Crippen LogP contribution is 2.46. The minimum atomic E-state index is 0.0704. The molecule has 4 rings (SSSR count). The molecule has 1 aromatic heterocycles. The molecule has 0 aliphatic heterocycles. The van der Waals surface area contributed by atoms with E-state index in [1.807, 2.05) is 18.2 Å². The monoisotopic (exact) mass is 343 g/mol. The van der Waals surface area contributed by atoms with Crippen molar-refractivity contribution in [2.24, 2.45) is 0 Å². The molecule has 2 aromatic rings. The number of ether oxygens (including phenoxy) is 1. The normalized spacial score (nSPS) is 17.1. The number of methoxy groups -OCH3 is 1. The molecule has 126 valence electrons. The van der Waals surface area contributed by atoms with Gasteiger partial charge < -0.3 is 9.30 Å². The molecule has 0 bridgehead atoms. The van der Waals surface area contributed by atoms with Crippen LogP contribution in [0.2, 0.25) is 0 Å². The lowest BCUT2D eigenvalue weighted by Crippen LogP contribution is -2.02. The Balaban J connectivity index is 1.57. The minimum absolute atomic E-state index is 0.0704. The van der Waals surface area contributed by atoms with Crippen LogP contribution in [0.5, 0.6) is 5.75 Å². The summed E-state index contributed by atoms with van der Waals surface area (Å²) in [7, 11) is 1.66. The second-order valence-electron chi connectivity index (χ2n) is 6.59. The first kappa shape index (κ1) is 15.7. The van der Waals surface area contributed by atoms with Gasteiger partial charge in [-0.25, -0.2) is 0 Å². The van der Waals surface area contributed by atoms with Gasteiger partial charge in [-0.1, -0.05) is 11.8 Å². The first-order chi connectivity index (χ1) is 11.7. The van der Waals surface area contributed by atoms with Crippen molar-refractivity contribution in [2.75, 3.05) is 7.11 Å². The first-order valence-electron chi connectivity index (χ1n) is 8.43. The molecule has 0 amide bonds. The summed E-state index contributed by atoms with van der Waals surface area (Å²) in [4.78, 5) is 11.6. The Morgan fingerprint density at radius 2 is 2.08 bits per heavy atom. The van der Waals surface area contributed by atoms with Crippen molar-refractivity contribution in [3.8, 4) is 5.75 Å². The van der Waals surface area contributed by atoms with Crippen LogP contribution < -0.4 is 4.74 Å². The number of thioether (sulfide) groups is 1. The summed E-state index contributed by atoms with van der Waals surface area (Å²) in [5.41, 5.74) is 1.74. The second-order valence-corrected chi connectivity index (χ2v) is 7.53. The third-order valence-corrected chi connectivity index (χ3v) is 5.58. The van der Waals surface area contributed by atoms with Crippen molar-refractivity contribution in [2.45, 2.75) is 55.5 Å². The number of rotatable bonds is 7. The van der Waals surface area contributed by atoms with Gasteiger partial charge in [0.2, 0.25) is 0 Å². The Bertz CT molecular complexity index is 779. The molecule has 0 unspecified atom stereocenters. The maximum atomic E-state index is 11.6. The molecule has 2 aliphatic carbocycles. The molecule has 0 N–H and O–H groups in total. The lowest BCUT2D eigenvalue weighted by Gasteiger charge is -2.11. The maximum absolute atomic E-state index is 11.6. The number of hydrogen-bond donors (Lipinski definition) is 0. The molecule has 2 saturated carbocycles. The van der Waals surface area contributed by atoms with E-state index in [1.165, 1.54) is 31.5 Å². The Labute approximate surface area is 145 Å². The molecule has 6 heteroatoms. The quantitative estimate of drug-likeness (QED) is 0.562. The summed E-state index contributed by atoms with van der Waals surface area (Å²) in [6.45, 7) is 1.59. The molecule has 0 saturated heterocycles. The van der Waals surface area contributed by atoms with Gasteiger partial charge in [0.05, 0.1) is 7.11 Å². The predicted molar refractivity (Wildman–Crippen MR) is 92.8 cm³/mol. The molecule has 2 aliphatic rings. The molecular formula is C18H21N3O2S. The Morgan fingerprint density at radius 3 is 2.71 bits per heavy atom. The predicted octanol–water partition coefficient (Wildman–Crippen LogP) is 3.99. The molecule has 5 nitrogen and oxygen atoms in total. The van der Waals surface area contributed by atoms with Gasteiger partial charge in [-0.2, -0.15) is 0 Å². The average molecular weight is 343 g/mol. The summed E-state index contributed by atoms with van der Waals surface area (Å²) in [5, 5.41) is 9.88. The fourth-order valence-electron chi connectivity index (χ4n) is 2.94. The highest BCUT2D eigenvalue weighted by molar-refractivity contribution is 7.98. The van der Waals surface area contributed by atoms with Crippen LogP contribution in [0.1, 0.15) is 66.3 Å². The number of nitrogens with zero attached hydrogens (tertiary/aromatic N) is 3. The summed E-state index contributed by atoms with van der Waals surface area (Å²) in [5.74, 6) is 3.39. The number of ketones is 1. The van der Waals surface area contributed by atoms with E-state index in [9.17, 15) is 4.79 Å². The van der Waals surface area contributed by atoms with Crippen molar-refractivity contribution >= 4 is 17.5 Å². The molecule has 0 spiro atoms. The van der Waals surface area contributed by atoms with E-state index in [0.717, 1.165) is 22.2 Å². The smallest absolute Gasteiger partial charge is 0.191 e. The van der Waals surface area contributed by atoms with Gasteiger partial charge in [0, 0.05) is 28.8 Å². The highest BCUT2D eigenvalue weighted by atomic mass is 32.2. The van der Waals surface area contributed by atoms with Crippen molar-refractivity contribution in [1.29, 1.82) is 0 Å². The molecule has 24 heavy (non-hydrogen) atoms. The van der Waals surface area contributed by atoms with Gasteiger partial charge in [0.25, 0.3) is 0 Å². The number of carbonyl (C=O) groups is 1. The van der Waals surface area contributed by atoms with Gasteiger partial charge >= 0.3 is 0 Å². The molecule has 1 aromatic carbocycles. The Hall–Kier alpha value is -1.82. The van der Waals surface area contributed by atoms with Crippen LogP contribution in [0.25, 0.3) is 0 Å². The topological polar surface area (TPSA) is 57.0 Å². The lowest BCUT2D eigenvalue weighted by molar-refractivity contribution is 0.101. The number of benzene rings is 1. The Morgan fingerprint density at radius 1 is 1.29 bits per heavy atom. The fourth-order valence-corrected chi connectivity index (χ4v) is 3.93. The lowest BCUT2D eigenvalue weighted by atomic mass is 10.1. The molecule has 0 atom stereocenters. The zero-order valence-electron chi connectivity index (χ0n) is 14.0. The number of carbonyl (C=O) groups excluding carboxylic acids is 1. The second kappa shape index (κ2) is 6.24. The SMILES string of the molecule is COc1ccc(C(C)=O)cc1CSc1nnc(C2CC2)n1C1CC1. The van der Waals surface area contributed by atoms with Crippen LogP contribution in [-0.2, 0) is 5.75 Å². The van der Waals surface area contributed by atoms with Crippen molar-refractivity contribution < 1.29 is 9.53 Å². The van der Waals surface area contributed by atoms with Gasteiger partial charge in [-0.3, -0.25) is 4.79 Å². The van der Waals surface area contributed by atoms with E-state index in [0.29, 0.717) is 17.5 Å². The summed E-state index contributed by atoms with van der Waals surface area (Å²) in [6, 6.07) is 6.19.